The first-order valence-electron chi connectivity index (χ1n) is 3.60. The Hall–Kier alpha value is -0.940. The molecule has 15 heavy (non-hydrogen) atoms. The van der Waals surface area contributed by atoms with Crippen molar-refractivity contribution in [1.29, 1.82) is 0 Å². The second-order valence-corrected chi connectivity index (χ2v) is 3.35. The molecule has 1 N–H and O–H groups in total. The summed E-state index contributed by atoms with van der Waals surface area (Å²) < 4.78 is 37.3. The predicted molar refractivity (Wildman–Crippen MR) is 50.8 cm³/mol. The predicted octanol–water partition coefficient (Wildman–Crippen LogP) is 3.82. The number of rotatable bonds is 1. The Labute approximate surface area is 92.9 Å². The van der Waals surface area contributed by atoms with Crippen molar-refractivity contribution in [3.8, 4) is 0 Å². The van der Waals surface area contributed by atoms with Gasteiger partial charge < -0.3 is 5.21 Å². The van der Waals surface area contributed by atoms with Crippen molar-refractivity contribution in [2.45, 2.75) is 6.18 Å². The molecule has 1 rings (SSSR count). The van der Waals surface area contributed by atoms with Gasteiger partial charge in [-0.2, -0.15) is 13.2 Å². The molecule has 0 aromatic heterocycles. The van der Waals surface area contributed by atoms with E-state index in [1.54, 1.807) is 0 Å². The molecule has 82 valence electrons. The van der Waals surface area contributed by atoms with Gasteiger partial charge in [0.2, 0.25) is 0 Å². The molecule has 0 fully saturated rings. The third-order valence-electron chi connectivity index (χ3n) is 1.62. The summed E-state index contributed by atoms with van der Waals surface area (Å²) in [5.74, 6) is 0. The monoisotopic (exact) mass is 257 g/mol. The molecule has 0 radical (unpaired) electrons. The van der Waals surface area contributed by atoms with Gasteiger partial charge in [0.1, 0.15) is 0 Å². The summed E-state index contributed by atoms with van der Waals surface area (Å²) in [5, 5.41) is 10.4. The van der Waals surface area contributed by atoms with Gasteiger partial charge in [0.25, 0.3) is 0 Å². The van der Waals surface area contributed by atoms with Crippen LogP contribution >= 0.6 is 23.2 Å². The fourth-order valence-electron chi connectivity index (χ4n) is 0.997. The molecule has 0 saturated carbocycles. The van der Waals surface area contributed by atoms with Crippen LogP contribution in [-0.2, 0) is 6.18 Å². The quantitative estimate of drug-likeness (QED) is 0.463. The van der Waals surface area contributed by atoms with Crippen molar-refractivity contribution < 1.29 is 18.4 Å². The first kappa shape index (κ1) is 12.1. The maximum absolute atomic E-state index is 12.4. The van der Waals surface area contributed by atoms with Gasteiger partial charge >= 0.3 is 6.18 Å². The van der Waals surface area contributed by atoms with E-state index in [9.17, 15) is 13.2 Å². The normalized spacial score (nSPS) is 12.3. The van der Waals surface area contributed by atoms with E-state index in [0.29, 0.717) is 6.21 Å². The number of nitrogens with zero attached hydrogens (tertiary/aromatic N) is 1. The summed E-state index contributed by atoms with van der Waals surface area (Å²) in [5.41, 5.74) is -1.46. The fourth-order valence-corrected chi connectivity index (χ4v) is 1.38. The molecule has 0 unspecified atom stereocenters. The van der Waals surface area contributed by atoms with Crippen molar-refractivity contribution in [1.82, 2.24) is 0 Å². The van der Waals surface area contributed by atoms with Crippen LogP contribution in [0.4, 0.5) is 13.2 Å². The minimum absolute atomic E-state index is 0.0421. The minimum Gasteiger partial charge on any atom is -0.411 e. The zero-order valence-electron chi connectivity index (χ0n) is 7.02. The van der Waals surface area contributed by atoms with Gasteiger partial charge in [0.15, 0.2) is 0 Å². The van der Waals surface area contributed by atoms with Crippen molar-refractivity contribution in [3.05, 3.63) is 33.3 Å². The van der Waals surface area contributed by atoms with Crippen LogP contribution < -0.4 is 0 Å². The number of hydrogen-bond acceptors (Lipinski definition) is 2. The van der Waals surface area contributed by atoms with Gasteiger partial charge in [0.05, 0.1) is 21.8 Å². The zero-order chi connectivity index (χ0) is 11.6. The molecule has 0 bridgehead atoms. The third-order valence-corrected chi connectivity index (χ3v) is 2.44. The molecule has 0 heterocycles. The Morgan fingerprint density at radius 3 is 2.33 bits per heavy atom. The molecule has 7 heteroatoms. The summed E-state index contributed by atoms with van der Waals surface area (Å²) in [7, 11) is 0. The maximum atomic E-state index is 12.4. The van der Waals surface area contributed by atoms with Gasteiger partial charge in [-0.1, -0.05) is 28.4 Å². The highest BCUT2D eigenvalue weighted by molar-refractivity contribution is 6.43. The van der Waals surface area contributed by atoms with Crippen LogP contribution in [0.15, 0.2) is 17.3 Å². The summed E-state index contributed by atoms with van der Waals surface area (Å²) in [6.07, 6.45) is -3.98. The molecular weight excluding hydrogens is 254 g/mol. The van der Waals surface area contributed by atoms with Gasteiger partial charge in [0, 0.05) is 5.56 Å². The molecule has 0 saturated heterocycles. The molecule has 0 aliphatic carbocycles. The Bertz CT molecular complexity index is 404. The second-order valence-electron chi connectivity index (χ2n) is 2.56. The summed E-state index contributed by atoms with van der Waals surface area (Å²) >= 11 is 11.1. The van der Waals surface area contributed by atoms with Gasteiger partial charge in [-0.05, 0) is 12.1 Å². The summed E-state index contributed by atoms with van der Waals surface area (Å²) in [6.45, 7) is 0. The minimum atomic E-state index is -4.58. The second kappa shape index (κ2) is 4.28. The van der Waals surface area contributed by atoms with E-state index >= 15 is 0 Å². The van der Waals surface area contributed by atoms with Crippen LogP contribution in [0.25, 0.3) is 0 Å². The number of benzene rings is 1. The largest absolute Gasteiger partial charge is 0.417 e. The van der Waals surface area contributed by atoms with Crippen molar-refractivity contribution in [2.75, 3.05) is 0 Å². The molecule has 0 atom stereocenters. The molecule has 0 spiro atoms. The Balaban J connectivity index is 3.47. The summed E-state index contributed by atoms with van der Waals surface area (Å²) in [4.78, 5) is 0. The first-order valence-corrected chi connectivity index (χ1v) is 4.36. The van der Waals surface area contributed by atoms with Crippen LogP contribution in [0.3, 0.4) is 0 Å². The third kappa shape index (κ3) is 2.54. The number of hydrogen-bond donors (Lipinski definition) is 1. The Morgan fingerprint density at radius 2 is 1.87 bits per heavy atom. The van der Waals surface area contributed by atoms with Crippen LogP contribution in [0.5, 0.6) is 0 Å². The molecular formula is C8H4Cl2F3NO. The van der Waals surface area contributed by atoms with Crippen LogP contribution in [0.1, 0.15) is 11.1 Å². The lowest BCUT2D eigenvalue weighted by Crippen LogP contribution is -2.09. The zero-order valence-corrected chi connectivity index (χ0v) is 8.53. The molecule has 1 aromatic carbocycles. The van der Waals surface area contributed by atoms with Crippen LogP contribution in [0, 0.1) is 0 Å². The van der Waals surface area contributed by atoms with E-state index in [-0.39, 0.29) is 10.0 Å². The van der Waals surface area contributed by atoms with Gasteiger partial charge in [-0.3, -0.25) is 0 Å². The molecule has 0 aliphatic heterocycles. The Morgan fingerprint density at radius 1 is 1.27 bits per heavy atom. The average molecular weight is 258 g/mol. The average Bonchev–Trinajstić information content (AvgIpc) is 2.11. The number of alkyl halides is 3. The van der Waals surface area contributed by atoms with Gasteiger partial charge in [-0.25, -0.2) is 0 Å². The van der Waals surface area contributed by atoms with Crippen LogP contribution in [-0.4, -0.2) is 11.4 Å². The highest BCUT2D eigenvalue weighted by atomic mass is 35.5. The Kier molecular flexibility index (Phi) is 3.46. The van der Waals surface area contributed by atoms with Gasteiger partial charge in [-0.15, -0.1) is 0 Å². The fraction of sp³-hybridized carbons (Fsp3) is 0.125. The molecule has 2 nitrogen and oxygen atoms in total. The van der Waals surface area contributed by atoms with E-state index < -0.39 is 17.3 Å². The molecule has 0 aliphatic rings. The number of halogens is 5. The lowest BCUT2D eigenvalue weighted by Gasteiger charge is -2.11. The highest BCUT2D eigenvalue weighted by Gasteiger charge is 2.34. The lowest BCUT2D eigenvalue weighted by molar-refractivity contribution is -0.137. The van der Waals surface area contributed by atoms with E-state index in [0.717, 1.165) is 12.1 Å². The van der Waals surface area contributed by atoms with E-state index in [1.807, 2.05) is 0 Å². The smallest absolute Gasteiger partial charge is 0.411 e. The van der Waals surface area contributed by atoms with Crippen molar-refractivity contribution >= 4 is 29.4 Å². The lowest BCUT2D eigenvalue weighted by atomic mass is 10.1. The standard InChI is InChI=1S/C8H4Cl2F3NO/c9-6-2-1-5(8(11,12)13)4(3-14-15)7(6)10/h1-3,15H/b14-3+. The number of oxime groups is 1. The van der Waals surface area contributed by atoms with E-state index in [2.05, 4.69) is 5.16 Å². The first-order chi connectivity index (χ1) is 6.88. The molecule has 1 aromatic rings. The maximum Gasteiger partial charge on any atom is 0.417 e. The van der Waals surface area contributed by atoms with Crippen molar-refractivity contribution in [2.24, 2.45) is 5.16 Å². The summed E-state index contributed by atoms with van der Waals surface area (Å²) in [6, 6.07) is 1.80. The van der Waals surface area contributed by atoms with E-state index in [4.69, 9.17) is 28.4 Å². The topological polar surface area (TPSA) is 32.6 Å². The highest BCUT2D eigenvalue weighted by Crippen LogP contribution is 2.37. The van der Waals surface area contributed by atoms with Crippen LogP contribution in [0.2, 0.25) is 10.0 Å². The van der Waals surface area contributed by atoms with Crippen molar-refractivity contribution in [3.63, 3.8) is 0 Å². The van der Waals surface area contributed by atoms with E-state index in [1.165, 1.54) is 0 Å². The molecule has 0 amide bonds. The SMILES string of the molecule is O/N=C/c1c(C(F)(F)F)ccc(Cl)c1Cl.